The molecule has 3 aliphatic rings. The number of aliphatic hydroxyl groups excluding tert-OH is 1. The maximum atomic E-state index is 11.5. The van der Waals surface area contributed by atoms with Gasteiger partial charge in [0.15, 0.2) is 17.4 Å². The van der Waals surface area contributed by atoms with E-state index in [1.807, 2.05) is 59.7 Å². The molecule has 0 bridgehead atoms. The fourth-order valence-corrected chi connectivity index (χ4v) is 4.59. The van der Waals surface area contributed by atoms with Crippen LogP contribution in [0.1, 0.15) is 47.1 Å². The van der Waals surface area contributed by atoms with Crippen molar-refractivity contribution in [1.82, 2.24) is 5.32 Å². The summed E-state index contributed by atoms with van der Waals surface area (Å²) in [7, 11) is 0. The van der Waals surface area contributed by atoms with Crippen LogP contribution < -0.4 is 5.32 Å². The van der Waals surface area contributed by atoms with Gasteiger partial charge in [-0.15, -0.1) is 0 Å². The van der Waals surface area contributed by atoms with Crippen LogP contribution in [0.4, 0.5) is 0 Å². The number of hydrogen-bond donors (Lipinski definition) is 2. The van der Waals surface area contributed by atoms with Crippen LogP contribution in [0.5, 0.6) is 0 Å². The van der Waals surface area contributed by atoms with Crippen molar-refractivity contribution < 1.29 is 33.5 Å². The van der Waals surface area contributed by atoms with Crippen molar-refractivity contribution in [2.24, 2.45) is 0 Å². The summed E-state index contributed by atoms with van der Waals surface area (Å²) >= 11 is 0. The lowest BCUT2D eigenvalue weighted by atomic mass is 9.94. The highest BCUT2D eigenvalue weighted by Gasteiger charge is 2.55. The molecule has 4 rings (SSSR count). The van der Waals surface area contributed by atoms with Crippen LogP contribution in [-0.4, -0.2) is 72.2 Å². The lowest BCUT2D eigenvalue weighted by Gasteiger charge is -2.44. The second-order valence-electron chi connectivity index (χ2n) is 10.2. The molecule has 3 saturated heterocycles. The molecule has 0 spiro atoms. The number of rotatable bonds is 6. The number of ether oxygens (including phenoxy) is 6. The molecule has 8 nitrogen and oxygen atoms in total. The van der Waals surface area contributed by atoms with Crippen LogP contribution >= 0.6 is 0 Å². The van der Waals surface area contributed by atoms with Gasteiger partial charge in [0.1, 0.15) is 30.5 Å². The van der Waals surface area contributed by atoms with Gasteiger partial charge in [0, 0.05) is 6.54 Å². The van der Waals surface area contributed by atoms with Crippen molar-refractivity contribution in [3.63, 3.8) is 0 Å². The zero-order valence-electron chi connectivity index (χ0n) is 19.9. The number of aliphatic hydroxyl groups is 1. The average molecular weight is 452 g/mol. The molecule has 0 aromatic heterocycles. The number of nitrogens with one attached hydrogen (secondary N) is 1. The fraction of sp³-hybridized carbons (Fsp3) is 0.750. The minimum atomic E-state index is -0.967. The first-order valence-electron chi connectivity index (χ1n) is 11.4. The summed E-state index contributed by atoms with van der Waals surface area (Å²) < 4.78 is 36.3. The van der Waals surface area contributed by atoms with E-state index < -0.39 is 41.8 Å². The summed E-state index contributed by atoms with van der Waals surface area (Å²) in [6.07, 6.45) is -3.03. The van der Waals surface area contributed by atoms with E-state index in [0.29, 0.717) is 19.8 Å². The minimum absolute atomic E-state index is 0.233. The van der Waals surface area contributed by atoms with E-state index in [-0.39, 0.29) is 12.1 Å². The van der Waals surface area contributed by atoms with Crippen LogP contribution in [0.2, 0.25) is 0 Å². The second-order valence-corrected chi connectivity index (χ2v) is 10.2. The van der Waals surface area contributed by atoms with Gasteiger partial charge in [-0.05, 0) is 47.1 Å². The molecular formula is C24H37NO7. The zero-order valence-corrected chi connectivity index (χ0v) is 19.9. The highest BCUT2D eigenvalue weighted by atomic mass is 16.8. The molecule has 8 heteroatoms. The van der Waals surface area contributed by atoms with E-state index in [1.54, 1.807) is 0 Å². The Morgan fingerprint density at radius 1 is 0.844 bits per heavy atom. The summed E-state index contributed by atoms with van der Waals surface area (Å²) in [6.45, 7) is 12.5. The minimum Gasteiger partial charge on any atom is -0.388 e. The monoisotopic (exact) mass is 451 g/mol. The van der Waals surface area contributed by atoms with Gasteiger partial charge in [0.25, 0.3) is 0 Å². The smallest absolute Gasteiger partial charge is 0.164 e. The van der Waals surface area contributed by atoms with Crippen molar-refractivity contribution in [3.05, 3.63) is 35.9 Å². The molecule has 0 saturated carbocycles. The predicted molar refractivity (Wildman–Crippen MR) is 117 cm³/mol. The molecule has 32 heavy (non-hydrogen) atoms. The van der Waals surface area contributed by atoms with Crippen LogP contribution in [0.3, 0.4) is 0 Å². The highest BCUT2D eigenvalue weighted by Crippen LogP contribution is 2.39. The highest BCUT2D eigenvalue weighted by molar-refractivity contribution is 5.14. The van der Waals surface area contributed by atoms with Gasteiger partial charge in [-0.1, -0.05) is 30.3 Å². The number of hydrogen-bond acceptors (Lipinski definition) is 8. The van der Waals surface area contributed by atoms with Gasteiger partial charge in [-0.25, -0.2) is 0 Å². The molecule has 3 heterocycles. The van der Waals surface area contributed by atoms with E-state index in [9.17, 15) is 5.11 Å². The third-order valence-corrected chi connectivity index (χ3v) is 6.07. The summed E-state index contributed by atoms with van der Waals surface area (Å²) in [5.74, 6) is -2.39. The molecule has 2 N–H and O–H groups in total. The molecule has 0 amide bonds. The molecule has 3 fully saturated rings. The molecule has 6 atom stereocenters. The maximum absolute atomic E-state index is 11.5. The van der Waals surface area contributed by atoms with Crippen molar-refractivity contribution in [2.45, 2.75) is 102 Å². The van der Waals surface area contributed by atoms with Gasteiger partial charge in [0.05, 0.1) is 19.3 Å². The summed E-state index contributed by atoms with van der Waals surface area (Å²) in [6, 6.07) is 9.87. The van der Waals surface area contributed by atoms with Gasteiger partial charge in [-0.2, -0.15) is 0 Å². The fourth-order valence-electron chi connectivity index (χ4n) is 4.59. The quantitative estimate of drug-likeness (QED) is 0.682. The van der Waals surface area contributed by atoms with Gasteiger partial charge in [-0.3, -0.25) is 0 Å². The van der Waals surface area contributed by atoms with E-state index >= 15 is 0 Å². The summed E-state index contributed by atoms with van der Waals surface area (Å²) in [5.41, 5.74) is 1.14. The Hall–Kier alpha value is -1.10. The second kappa shape index (κ2) is 8.92. The third-order valence-electron chi connectivity index (χ3n) is 6.07. The van der Waals surface area contributed by atoms with E-state index in [0.717, 1.165) is 5.56 Å². The first-order valence-corrected chi connectivity index (χ1v) is 11.4. The summed E-state index contributed by atoms with van der Waals surface area (Å²) in [4.78, 5) is 0. The third kappa shape index (κ3) is 5.51. The van der Waals surface area contributed by atoms with Crippen LogP contribution in [0, 0.1) is 0 Å². The van der Waals surface area contributed by atoms with Crippen LogP contribution in [0.25, 0.3) is 0 Å². The first-order chi connectivity index (χ1) is 14.9. The Kier molecular flexibility index (Phi) is 6.70. The predicted octanol–water partition coefficient (Wildman–Crippen LogP) is 2.33. The van der Waals surface area contributed by atoms with Crippen LogP contribution in [0.15, 0.2) is 30.3 Å². The standard InChI is InChI=1S/C24H37NO7/c1-22(2)28-14-17(29-22)20-21(32-24(5,6)31-20)18(26)19-16(13-27-23(3,4)30-19)25-12-15-10-8-7-9-11-15/h7-11,16-21,25-26H,12-14H2,1-6H3/t16-,17?,18+,19+,20?,21?/m0/s1. The molecule has 1 aromatic carbocycles. The Bertz CT molecular complexity index is 769. The topological polar surface area (TPSA) is 87.6 Å². The van der Waals surface area contributed by atoms with Crippen LogP contribution in [-0.2, 0) is 35.0 Å². The zero-order chi connectivity index (χ0) is 23.1. The normalized spacial score (nSPS) is 36.8. The van der Waals surface area contributed by atoms with Gasteiger partial charge < -0.3 is 38.8 Å². The average Bonchev–Trinajstić information content (AvgIpc) is 3.25. The molecule has 0 radical (unpaired) electrons. The molecule has 3 aliphatic heterocycles. The molecular weight excluding hydrogens is 414 g/mol. The molecule has 0 aliphatic carbocycles. The molecule has 180 valence electrons. The van der Waals surface area contributed by atoms with E-state index in [2.05, 4.69) is 17.4 Å². The van der Waals surface area contributed by atoms with E-state index in [1.165, 1.54) is 0 Å². The van der Waals surface area contributed by atoms with Crippen molar-refractivity contribution >= 4 is 0 Å². The Morgan fingerprint density at radius 3 is 2.12 bits per heavy atom. The lowest BCUT2D eigenvalue weighted by molar-refractivity contribution is -0.305. The van der Waals surface area contributed by atoms with Crippen molar-refractivity contribution in [2.75, 3.05) is 13.2 Å². The lowest BCUT2D eigenvalue weighted by Crippen LogP contribution is -2.62. The molecule has 1 aromatic rings. The Morgan fingerprint density at radius 2 is 1.47 bits per heavy atom. The van der Waals surface area contributed by atoms with E-state index in [4.69, 9.17) is 28.4 Å². The van der Waals surface area contributed by atoms with Gasteiger partial charge >= 0.3 is 0 Å². The summed E-state index contributed by atoms with van der Waals surface area (Å²) in [5, 5.41) is 15.0. The largest absolute Gasteiger partial charge is 0.388 e. The maximum Gasteiger partial charge on any atom is 0.164 e. The first kappa shape index (κ1) is 24.0. The van der Waals surface area contributed by atoms with Crippen molar-refractivity contribution in [1.29, 1.82) is 0 Å². The van der Waals surface area contributed by atoms with Gasteiger partial charge in [0.2, 0.25) is 0 Å². The van der Waals surface area contributed by atoms with Crippen molar-refractivity contribution in [3.8, 4) is 0 Å². The Balaban J connectivity index is 1.51. The molecule has 3 unspecified atom stereocenters. The number of benzene rings is 1. The Labute approximate surface area is 190 Å². The SMILES string of the molecule is CC1(C)OCC(C2OC(C)(C)OC2[C@H](O)[C@@H]2OC(C)(C)OC[C@@H]2NCc2ccccc2)O1.